The van der Waals surface area contributed by atoms with Crippen LogP contribution in [-0.4, -0.2) is 43.4 Å². The van der Waals surface area contributed by atoms with Crippen LogP contribution in [0.3, 0.4) is 0 Å². The lowest BCUT2D eigenvalue weighted by Gasteiger charge is -2.17. The standard InChI is InChI=1S/C18H18N8O3/c1-24-16-15(17(28)25(2)18(24)29)26(10-20-16)9-14(27)21-13-4-3-12(22-23-13)11-5-7-19-8-6-11/h3-8,20H,9-10H2,1-2H3,(H,21,23,27). The summed E-state index contributed by atoms with van der Waals surface area (Å²) in [6.45, 7) is 0.156. The fourth-order valence-corrected chi connectivity index (χ4v) is 3.13. The van der Waals surface area contributed by atoms with E-state index in [1.807, 2.05) is 12.1 Å². The molecule has 29 heavy (non-hydrogen) atoms. The van der Waals surface area contributed by atoms with Crippen molar-refractivity contribution in [3.8, 4) is 11.3 Å². The fraction of sp³-hybridized carbons (Fsp3) is 0.222. The molecule has 148 valence electrons. The number of anilines is 3. The van der Waals surface area contributed by atoms with Gasteiger partial charge in [-0.2, -0.15) is 0 Å². The van der Waals surface area contributed by atoms with Gasteiger partial charge in [0.2, 0.25) is 5.91 Å². The topological polar surface area (TPSA) is 127 Å². The van der Waals surface area contributed by atoms with E-state index in [0.29, 0.717) is 17.3 Å². The molecule has 0 aliphatic carbocycles. The molecule has 0 spiro atoms. The zero-order valence-electron chi connectivity index (χ0n) is 15.8. The predicted molar refractivity (Wildman–Crippen MR) is 107 cm³/mol. The number of amides is 1. The summed E-state index contributed by atoms with van der Waals surface area (Å²) in [7, 11) is 2.97. The maximum atomic E-state index is 12.5. The predicted octanol–water partition coefficient (Wildman–Crippen LogP) is -0.236. The number of rotatable bonds is 4. The van der Waals surface area contributed by atoms with Gasteiger partial charge in [0.25, 0.3) is 5.56 Å². The summed E-state index contributed by atoms with van der Waals surface area (Å²) in [5.74, 6) is 0.336. The van der Waals surface area contributed by atoms with Gasteiger partial charge in [-0.05, 0) is 24.3 Å². The molecule has 11 nitrogen and oxygen atoms in total. The third kappa shape index (κ3) is 3.33. The summed E-state index contributed by atoms with van der Waals surface area (Å²) in [6, 6.07) is 7.03. The van der Waals surface area contributed by atoms with Crippen LogP contribution in [0.1, 0.15) is 0 Å². The quantitative estimate of drug-likeness (QED) is 0.621. The van der Waals surface area contributed by atoms with Crippen molar-refractivity contribution in [3.63, 3.8) is 0 Å². The van der Waals surface area contributed by atoms with E-state index in [1.54, 1.807) is 36.5 Å². The smallest absolute Gasteiger partial charge is 0.332 e. The van der Waals surface area contributed by atoms with Crippen molar-refractivity contribution in [2.45, 2.75) is 0 Å². The van der Waals surface area contributed by atoms with E-state index in [-0.39, 0.29) is 24.8 Å². The van der Waals surface area contributed by atoms with Crippen molar-refractivity contribution in [2.24, 2.45) is 14.1 Å². The summed E-state index contributed by atoms with van der Waals surface area (Å²) >= 11 is 0. The second-order valence-electron chi connectivity index (χ2n) is 6.52. The van der Waals surface area contributed by atoms with E-state index in [1.165, 1.54) is 11.6 Å². The first-order valence-corrected chi connectivity index (χ1v) is 8.78. The average Bonchev–Trinajstić information content (AvgIpc) is 3.15. The Kier molecular flexibility index (Phi) is 4.55. The van der Waals surface area contributed by atoms with Gasteiger partial charge in [-0.15, -0.1) is 10.2 Å². The summed E-state index contributed by atoms with van der Waals surface area (Å²) in [4.78, 5) is 42.5. The number of hydrogen-bond donors (Lipinski definition) is 2. The minimum absolute atomic E-state index is 0.0821. The largest absolute Gasteiger partial charge is 0.352 e. The summed E-state index contributed by atoms with van der Waals surface area (Å²) in [6.07, 6.45) is 3.32. The molecule has 1 aliphatic rings. The lowest BCUT2D eigenvalue weighted by molar-refractivity contribution is -0.115. The summed E-state index contributed by atoms with van der Waals surface area (Å²) < 4.78 is 2.36. The Labute approximate surface area is 164 Å². The van der Waals surface area contributed by atoms with Crippen molar-refractivity contribution >= 4 is 23.2 Å². The van der Waals surface area contributed by atoms with Gasteiger partial charge < -0.3 is 15.5 Å². The SMILES string of the molecule is Cn1c2c(c(=O)n(C)c1=O)N(CC(=O)Nc1ccc(-c3ccncc3)nn1)CN2. The van der Waals surface area contributed by atoms with Gasteiger partial charge in [-0.1, -0.05) is 0 Å². The number of nitrogens with one attached hydrogen (secondary N) is 2. The van der Waals surface area contributed by atoms with Crippen LogP contribution in [0.2, 0.25) is 0 Å². The highest BCUT2D eigenvalue weighted by atomic mass is 16.2. The van der Waals surface area contributed by atoms with E-state index in [0.717, 1.165) is 10.1 Å². The summed E-state index contributed by atoms with van der Waals surface area (Å²) in [5.41, 5.74) is 0.919. The molecule has 4 rings (SSSR count). The highest BCUT2D eigenvalue weighted by Gasteiger charge is 2.28. The highest BCUT2D eigenvalue weighted by Crippen LogP contribution is 2.25. The number of carbonyl (C=O) groups excluding carboxylic acids is 1. The molecule has 0 atom stereocenters. The number of aromatic nitrogens is 5. The van der Waals surface area contributed by atoms with Gasteiger partial charge >= 0.3 is 5.69 Å². The lowest BCUT2D eigenvalue weighted by atomic mass is 10.2. The van der Waals surface area contributed by atoms with E-state index in [4.69, 9.17) is 0 Å². The van der Waals surface area contributed by atoms with Crippen LogP contribution in [0, 0.1) is 0 Å². The molecule has 4 heterocycles. The first-order valence-electron chi connectivity index (χ1n) is 8.78. The minimum atomic E-state index is -0.456. The molecule has 0 bridgehead atoms. The van der Waals surface area contributed by atoms with Crippen molar-refractivity contribution in [2.75, 3.05) is 28.7 Å². The monoisotopic (exact) mass is 394 g/mol. The second-order valence-corrected chi connectivity index (χ2v) is 6.52. The van der Waals surface area contributed by atoms with Crippen molar-refractivity contribution in [1.82, 2.24) is 24.3 Å². The third-order valence-corrected chi connectivity index (χ3v) is 4.64. The first-order chi connectivity index (χ1) is 14.0. The molecule has 0 saturated heterocycles. The van der Waals surface area contributed by atoms with E-state index in [9.17, 15) is 14.4 Å². The van der Waals surface area contributed by atoms with Gasteiger partial charge in [0.1, 0.15) is 11.5 Å². The molecule has 1 amide bonds. The molecule has 1 aliphatic heterocycles. The minimum Gasteiger partial charge on any atom is -0.352 e. The molecule has 2 N–H and O–H groups in total. The van der Waals surface area contributed by atoms with Crippen LogP contribution in [-0.2, 0) is 18.9 Å². The molecule has 3 aromatic rings. The lowest BCUT2D eigenvalue weighted by Crippen LogP contribution is -2.41. The molecular weight excluding hydrogens is 376 g/mol. The third-order valence-electron chi connectivity index (χ3n) is 4.64. The van der Waals surface area contributed by atoms with E-state index < -0.39 is 11.2 Å². The Bertz CT molecular complexity index is 1180. The molecule has 3 aromatic heterocycles. The van der Waals surface area contributed by atoms with Crippen molar-refractivity contribution < 1.29 is 4.79 Å². The van der Waals surface area contributed by atoms with Crippen LogP contribution in [0.15, 0.2) is 46.2 Å². The van der Waals surface area contributed by atoms with Crippen LogP contribution >= 0.6 is 0 Å². The maximum absolute atomic E-state index is 12.5. The van der Waals surface area contributed by atoms with E-state index in [2.05, 4.69) is 25.8 Å². The Hall–Kier alpha value is -4.02. The van der Waals surface area contributed by atoms with Gasteiger partial charge in [0.15, 0.2) is 5.82 Å². The number of hydrogen-bond acceptors (Lipinski definition) is 8. The van der Waals surface area contributed by atoms with Gasteiger partial charge in [-0.25, -0.2) is 4.79 Å². The number of carbonyl (C=O) groups is 1. The first kappa shape index (κ1) is 18.3. The molecule has 0 radical (unpaired) electrons. The number of pyridine rings is 1. The summed E-state index contributed by atoms with van der Waals surface area (Å²) in [5, 5.41) is 13.8. The normalized spacial score (nSPS) is 12.4. The molecule has 0 unspecified atom stereocenters. The molecule has 11 heteroatoms. The molecular formula is C18H18N8O3. The van der Waals surface area contributed by atoms with Crippen LogP contribution in [0.4, 0.5) is 17.3 Å². The Morgan fingerprint density at radius 1 is 1.10 bits per heavy atom. The average molecular weight is 394 g/mol. The Balaban J connectivity index is 1.48. The Morgan fingerprint density at radius 3 is 2.55 bits per heavy atom. The maximum Gasteiger partial charge on any atom is 0.332 e. The molecule has 0 saturated carbocycles. The second kappa shape index (κ2) is 7.19. The van der Waals surface area contributed by atoms with Crippen LogP contribution < -0.4 is 26.8 Å². The van der Waals surface area contributed by atoms with Crippen LogP contribution in [0.25, 0.3) is 11.3 Å². The number of nitrogens with zero attached hydrogens (tertiary/aromatic N) is 6. The zero-order chi connectivity index (χ0) is 20.5. The molecule has 0 aromatic carbocycles. The van der Waals surface area contributed by atoms with Crippen molar-refractivity contribution in [1.29, 1.82) is 0 Å². The number of fused-ring (bicyclic) bond motifs is 1. The Morgan fingerprint density at radius 2 is 1.86 bits per heavy atom. The highest BCUT2D eigenvalue weighted by molar-refractivity contribution is 5.94. The van der Waals surface area contributed by atoms with Gasteiger partial charge in [0.05, 0.1) is 18.9 Å². The zero-order valence-corrected chi connectivity index (χ0v) is 15.8. The van der Waals surface area contributed by atoms with Crippen LogP contribution in [0.5, 0.6) is 0 Å². The van der Waals surface area contributed by atoms with Crippen molar-refractivity contribution in [3.05, 3.63) is 57.5 Å². The van der Waals surface area contributed by atoms with E-state index >= 15 is 0 Å². The molecule has 0 fully saturated rings. The fourth-order valence-electron chi connectivity index (χ4n) is 3.13. The van der Waals surface area contributed by atoms with Gasteiger partial charge in [-0.3, -0.25) is 23.7 Å². The van der Waals surface area contributed by atoms with Gasteiger partial charge in [0, 0.05) is 32.1 Å².